The molecule has 1 aliphatic rings. The van der Waals surface area contributed by atoms with Crippen LogP contribution in [0.2, 0.25) is 0 Å². The molecule has 116 valence electrons. The normalized spacial score (nSPS) is 17.3. The van der Waals surface area contributed by atoms with Gasteiger partial charge in [0.1, 0.15) is 0 Å². The summed E-state index contributed by atoms with van der Waals surface area (Å²) < 4.78 is 0. The average molecular weight is 306 g/mol. The van der Waals surface area contributed by atoms with Gasteiger partial charge in [-0.05, 0) is 23.6 Å². The van der Waals surface area contributed by atoms with Crippen molar-refractivity contribution in [3.05, 3.63) is 71.4 Å². The monoisotopic (exact) mass is 306 g/mol. The number of hydrogen-bond donors (Lipinski definition) is 2. The first-order valence-electron chi connectivity index (χ1n) is 8.02. The molecule has 2 heterocycles. The minimum atomic E-state index is -0.0541. The van der Waals surface area contributed by atoms with Crippen molar-refractivity contribution < 1.29 is 10.5 Å². The number of amides is 1. The van der Waals surface area contributed by atoms with Crippen LogP contribution in [0.15, 0.2) is 54.6 Å². The van der Waals surface area contributed by atoms with E-state index in [-0.39, 0.29) is 11.9 Å². The van der Waals surface area contributed by atoms with Crippen LogP contribution in [0, 0.1) is 0 Å². The zero-order chi connectivity index (χ0) is 15.8. The molecule has 4 heteroatoms. The Morgan fingerprint density at radius 2 is 1.87 bits per heavy atom. The second-order valence-corrected chi connectivity index (χ2v) is 5.96. The first kappa shape index (κ1) is 14.0. The van der Waals surface area contributed by atoms with Gasteiger partial charge < -0.3 is 15.6 Å². The number of carbonyl (C=O) groups is 1. The van der Waals surface area contributed by atoms with Crippen LogP contribution in [-0.2, 0) is 11.2 Å². The predicted molar refractivity (Wildman–Crippen MR) is 89.8 cm³/mol. The molecular formula is C19H20N3O+. The van der Waals surface area contributed by atoms with Gasteiger partial charge in [-0.1, -0.05) is 48.5 Å². The number of rotatable bonds is 2. The van der Waals surface area contributed by atoms with Crippen molar-refractivity contribution in [2.45, 2.75) is 12.5 Å². The van der Waals surface area contributed by atoms with Crippen LogP contribution < -0.4 is 5.73 Å². The number of para-hydroxylation sites is 1. The van der Waals surface area contributed by atoms with Gasteiger partial charge in [0.2, 0.25) is 0 Å². The van der Waals surface area contributed by atoms with Gasteiger partial charge in [0.05, 0.1) is 6.04 Å². The number of quaternary nitrogens is 1. The molecule has 0 spiro atoms. The van der Waals surface area contributed by atoms with Crippen molar-refractivity contribution in [1.29, 1.82) is 0 Å². The van der Waals surface area contributed by atoms with Crippen molar-refractivity contribution in [2.24, 2.45) is 0 Å². The fourth-order valence-electron chi connectivity index (χ4n) is 3.64. The molecule has 0 saturated carbocycles. The highest BCUT2D eigenvalue weighted by Crippen LogP contribution is 2.38. The van der Waals surface area contributed by atoms with E-state index in [4.69, 9.17) is 0 Å². The summed E-state index contributed by atoms with van der Waals surface area (Å²) in [5.74, 6) is 0.100. The molecule has 0 bridgehead atoms. The van der Waals surface area contributed by atoms with E-state index in [1.807, 2.05) is 29.2 Å². The Balaban J connectivity index is 1.92. The Hall–Kier alpha value is -2.59. The van der Waals surface area contributed by atoms with Crippen molar-refractivity contribution in [3.8, 4) is 0 Å². The van der Waals surface area contributed by atoms with Gasteiger partial charge in [-0.3, -0.25) is 4.79 Å². The highest BCUT2D eigenvalue weighted by molar-refractivity contribution is 5.86. The summed E-state index contributed by atoms with van der Waals surface area (Å²) in [6, 6.07) is 18.6. The summed E-state index contributed by atoms with van der Waals surface area (Å²) in [6.45, 7) is 1.03. The number of benzene rings is 2. The quantitative estimate of drug-likeness (QED) is 0.746. The second kappa shape index (κ2) is 5.56. The van der Waals surface area contributed by atoms with Crippen LogP contribution in [0.1, 0.15) is 22.9 Å². The van der Waals surface area contributed by atoms with Crippen molar-refractivity contribution in [2.75, 3.05) is 13.1 Å². The number of H-pyrrole nitrogens is 1. The first-order chi connectivity index (χ1) is 11.3. The van der Waals surface area contributed by atoms with Gasteiger partial charge in [0.25, 0.3) is 5.91 Å². The molecule has 4 N–H and O–H groups in total. The molecule has 4 rings (SSSR count). The third kappa shape index (κ3) is 2.23. The van der Waals surface area contributed by atoms with E-state index in [1.165, 1.54) is 10.9 Å². The third-order valence-electron chi connectivity index (χ3n) is 4.68. The molecule has 0 saturated heterocycles. The van der Waals surface area contributed by atoms with Gasteiger partial charge in [-0.25, -0.2) is 0 Å². The van der Waals surface area contributed by atoms with Gasteiger partial charge in [-0.2, -0.15) is 0 Å². The summed E-state index contributed by atoms with van der Waals surface area (Å²) in [6.07, 6.45) is 0.883. The molecule has 0 aliphatic carbocycles. The maximum atomic E-state index is 12.4. The average Bonchev–Trinajstić information content (AvgIpc) is 2.99. The van der Waals surface area contributed by atoms with Gasteiger partial charge >= 0.3 is 0 Å². The molecule has 1 aromatic heterocycles. The molecule has 2 aromatic carbocycles. The second-order valence-electron chi connectivity index (χ2n) is 5.96. The summed E-state index contributed by atoms with van der Waals surface area (Å²) in [4.78, 5) is 17.9. The Morgan fingerprint density at radius 1 is 1.13 bits per heavy atom. The molecule has 0 unspecified atom stereocenters. The SMILES string of the molecule is [NH3+]CC(=O)N1CCc2c([nH]c3ccccc23)[C@@H]1c1ccccc1. The van der Waals surface area contributed by atoms with E-state index in [0.717, 1.165) is 29.7 Å². The Morgan fingerprint density at radius 3 is 2.65 bits per heavy atom. The lowest BCUT2D eigenvalue weighted by Gasteiger charge is -2.35. The number of carbonyl (C=O) groups excluding carboxylic acids is 1. The molecular weight excluding hydrogens is 286 g/mol. The van der Waals surface area contributed by atoms with Gasteiger partial charge in [0.15, 0.2) is 6.54 Å². The van der Waals surface area contributed by atoms with E-state index in [9.17, 15) is 4.79 Å². The third-order valence-corrected chi connectivity index (χ3v) is 4.68. The molecule has 23 heavy (non-hydrogen) atoms. The Labute approximate surface area is 134 Å². The fraction of sp³-hybridized carbons (Fsp3) is 0.211. The lowest BCUT2D eigenvalue weighted by Crippen LogP contribution is -2.59. The van der Waals surface area contributed by atoms with Crippen LogP contribution >= 0.6 is 0 Å². The maximum absolute atomic E-state index is 12.4. The van der Waals surface area contributed by atoms with Gasteiger partial charge in [-0.15, -0.1) is 0 Å². The highest BCUT2D eigenvalue weighted by Gasteiger charge is 2.34. The molecule has 1 aliphatic heterocycles. The summed E-state index contributed by atoms with van der Waals surface area (Å²) in [5.41, 5.74) is 8.55. The standard InChI is InChI=1S/C19H19N3O/c20-12-17(23)22-11-10-15-14-8-4-5-9-16(14)21-18(15)19(22)13-6-2-1-3-7-13/h1-9,19,21H,10-12,20H2/p+1/t19-/m0/s1. The van der Waals surface area contributed by atoms with Crippen LogP contribution in [-0.4, -0.2) is 28.9 Å². The number of nitrogens with zero attached hydrogens (tertiary/aromatic N) is 1. The zero-order valence-corrected chi connectivity index (χ0v) is 13.0. The Bertz CT molecular complexity index is 853. The number of hydrogen-bond acceptors (Lipinski definition) is 1. The molecule has 1 atom stereocenters. The number of aromatic amines is 1. The number of nitrogens with one attached hydrogen (secondary N) is 1. The highest BCUT2D eigenvalue weighted by atomic mass is 16.2. The van der Waals surface area contributed by atoms with E-state index in [0.29, 0.717) is 6.54 Å². The maximum Gasteiger partial charge on any atom is 0.278 e. The fourth-order valence-corrected chi connectivity index (χ4v) is 3.64. The smallest absolute Gasteiger partial charge is 0.278 e. The molecule has 3 aromatic rings. The summed E-state index contributed by atoms with van der Waals surface area (Å²) in [5, 5.41) is 1.27. The molecule has 1 amide bonds. The zero-order valence-electron chi connectivity index (χ0n) is 13.0. The number of aromatic nitrogens is 1. The lowest BCUT2D eigenvalue weighted by molar-refractivity contribution is -0.357. The van der Waals surface area contributed by atoms with Crippen molar-refractivity contribution >= 4 is 16.8 Å². The minimum Gasteiger partial charge on any atom is -0.356 e. The summed E-state index contributed by atoms with van der Waals surface area (Å²) >= 11 is 0. The van der Waals surface area contributed by atoms with E-state index < -0.39 is 0 Å². The van der Waals surface area contributed by atoms with E-state index in [2.05, 4.69) is 41.0 Å². The van der Waals surface area contributed by atoms with Crippen LogP contribution in [0.5, 0.6) is 0 Å². The Kier molecular flexibility index (Phi) is 3.39. The van der Waals surface area contributed by atoms with Crippen LogP contribution in [0.25, 0.3) is 10.9 Å². The number of fused-ring (bicyclic) bond motifs is 3. The minimum absolute atomic E-state index is 0.0541. The summed E-state index contributed by atoms with van der Waals surface area (Å²) in [7, 11) is 0. The largest absolute Gasteiger partial charge is 0.356 e. The topological polar surface area (TPSA) is 63.7 Å². The molecule has 0 fully saturated rings. The van der Waals surface area contributed by atoms with E-state index in [1.54, 1.807) is 0 Å². The first-order valence-corrected chi connectivity index (χ1v) is 8.02. The van der Waals surface area contributed by atoms with Gasteiger partial charge in [0, 0.05) is 23.1 Å². The molecule has 0 radical (unpaired) electrons. The van der Waals surface area contributed by atoms with Crippen molar-refractivity contribution in [3.63, 3.8) is 0 Å². The lowest BCUT2D eigenvalue weighted by atomic mass is 9.92. The van der Waals surface area contributed by atoms with Crippen LogP contribution in [0.3, 0.4) is 0 Å². The molecule has 4 nitrogen and oxygen atoms in total. The van der Waals surface area contributed by atoms with Crippen LogP contribution in [0.4, 0.5) is 0 Å². The predicted octanol–water partition coefficient (Wildman–Crippen LogP) is 1.88. The van der Waals surface area contributed by atoms with E-state index >= 15 is 0 Å². The van der Waals surface area contributed by atoms with Crippen molar-refractivity contribution in [1.82, 2.24) is 9.88 Å².